The Hall–Kier alpha value is -1.80. The molecular formula is C16H20N4O2S2. The number of carbonyl (C=O) groups is 2. The lowest BCUT2D eigenvalue weighted by atomic mass is 9.96. The van der Waals surface area contributed by atoms with Crippen LogP contribution in [0.3, 0.4) is 0 Å². The largest absolute Gasteiger partial charge is 0.351 e. The van der Waals surface area contributed by atoms with Gasteiger partial charge in [-0.3, -0.25) is 9.59 Å². The Kier molecular flexibility index (Phi) is 5.25. The predicted octanol–water partition coefficient (Wildman–Crippen LogP) is 2.50. The van der Waals surface area contributed by atoms with Crippen LogP contribution < -0.4 is 5.32 Å². The number of carbonyl (C=O) groups excluding carboxylic acids is 2. The molecule has 0 bridgehead atoms. The monoisotopic (exact) mass is 364 g/mol. The molecule has 3 rings (SSSR count). The highest BCUT2D eigenvalue weighted by Gasteiger charge is 2.26. The predicted molar refractivity (Wildman–Crippen MR) is 94.7 cm³/mol. The van der Waals surface area contributed by atoms with Crippen LogP contribution in [0.15, 0.2) is 11.4 Å². The molecule has 1 N–H and O–H groups in total. The van der Waals surface area contributed by atoms with Crippen LogP contribution in [-0.4, -0.2) is 45.9 Å². The van der Waals surface area contributed by atoms with Crippen LogP contribution in [0.4, 0.5) is 0 Å². The first kappa shape index (κ1) is 17.0. The van der Waals surface area contributed by atoms with E-state index in [-0.39, 0.29) is 11.8 Å². The van der Waals surface area contributed by atoms with Crippen molar-refractivity contribution < 1.29 is 9.59 Å². The van der Waals surface area contributed by atoms with Crippen molar-refractivity contribution in [3.63, 3.8) is 0 Å². The Morgan fingerprint density at radius 3 is 2.67 bits per heavy atom. The molecule has 24 heavy (non-hydrogen) atoms. The van der Waals surface area contributed by atoms with E-state index in [1.807, 2.05) is 30.2 Å². The Morgan fingerprint density at radius 2 is 2.08 bits per heavy atom. The van der Waals surface area contributed by atoms with Crippen LogP contribution in [0.1, 0.15) is 43.4 Å². The van der Waals surface area contributed by atoms with Gasteiger partial charge in [0.1, 0.15) is 4.88 Å². The lowest BCUT2D eigenvalue weighted by Gasteiger charge is -2.31. The van der Waals surface area contributed by atoms with Crippen molar-refractivity contribution >= 4 is 34.7 Å². The molecule has 2 aromatic rings. The third kappa shape index (κ3) is 3.81. The topological polar surface area (TPSA) is 75.2 Å². The zero-order valence-electron chi connectivity index (χ0n) is 13.7. The first-order valence-corrected chi connectivity index (χ1v) is 9.61. The first-order valence-electron chi connectivity index (χ1n) is 7.96. The molecule has 8 heteroatoms. The van der Waals surface area contributed by atoms with E-state index in [2.05, 4.69) is 14.9 Å². The molecule has 6 nitrogen and oxygen atoms in total. The van der Waals surface area contributed by atoms with Gasteiger partial charge in [0.2, 0.25) is 0 Å². The molecule has 0 saturated carbocycles. The number of likely N-dealkylation sites (tertiary alicyclic amines) is 1. The van der Waals surface area contributed by atoms with Gasteiger partial charge >= 0.3 is 0 Å². The van der Waals surface area contributed by atoms with Gasteiger partial charge < -0.3 is 10.2 Å². The van der Waals surface area contributed by atoms with E-state index in [9.17, 15) is 9.59 Å². The fourth-order valence-electron chi connectivity index (χ4n) is 2.79. The Labute approximate surface area is 149 Å². The van der Waals surface area contributed by atoms with Gasteiger partial charge in [0, 0.05) is 19.6 Å². The van der Waals surface area contributed by atoms with Crippen molar-refractivity contribution in [1.82, 2.24) is 19.8 Å². The summed E-state index contributed by atoms with van der Waals surface area (Å²) in [6.45, 7) is 5.90. The minimum atomic E-state index is -0.00188. The number of piperidine rings is 1. The fourth-order valence-corrected chi connectivity index (χ4v) is 4.23. The average molecular weight is 364 g/mol. The van der Waals surface area contributed by atoms with Gasteiger partial charge in [-0.2, -0.15) is 0 Å². The molecule has 0 aliphatic carbocycles. The average Bonchev–Trinajstić information content (AvgIpc) is 3.21. The minimum Gasteiger partial charge on any atom is -0.351 e. The van der Waals surface area contributed by atoms with Crippen molar-refractivity contribution in [2.24, 2.45) is 5.92 Å². The van der Waals surface area contributed by atoms with E-state index < -0.39 is 0 Å². The molecule has 1 fully saturated rings. The zero-order chi connectivity index (χ0) is 17.1. The molecule has 0 atom stereocenters. The molecule has 3 heterocycles. The fraction of sp³-hybridized carbons (Fsp3) is 0.500. The smallest absolute Gasteiger partial charge is 0.267 e. The molecule has 0 radical (unpaired) electrons. The summed E-state index contributed by atoms with van der Waals surface area (Å²) >= 11 is 2.63. The van der Waals surface area contributed by atoms with E-state index in [1.54, 1.807) is 0 Å². The van der Waals surface area contributed by atoms with Crippen LogP contribution in [0, 0.1) is 19.8 Å². The zero-order valence-corrected chi connectivity index (χ0v) is 15.4. The van der Waals surface area contributed by atoms with Crippen LogP contribution in [0.5, 0.6) is 0 Å². The second-order valence-corrected chi connectivity index (χ2v) is 7.79. The molecule has 0 spiro atoms. The van der Waals surface area contributed by atoms with Gasteiger partial charge in [-0.15, -0.1) is 16.4 Å². The van der Waals surface area contributed by atoms with Gasteiger partial charge in [0.25, 0.3) is 11.8 Å². The number of nitrogens with zero attached hydrogens (tertiary/aromatic N) is 3. The summed E-state index contributed by atoms with van der Waals surface area (Å²) in [4.78, 5) is 27.8. The summed E-state index contributed by atoms with van der Waals surface area (Å²) < 4.78 is 3.83. The number of hydrogen-bond acceptors (Lipinski definition) is 6. The van der Waals surface area contributed by atoms with Crippen LogP contribution >= 0.6 is 22.9 Å². The van der Waals surface area contributed by atoms with Crippen molar-refractivity contribution in [3.8, 4) is 0 Å². The number of amides is 2. The van der Waals surface area contributed by atoms with Crippen molar-refractivity contribution in [3.05, 3.63) is 32.5 Å². The summed E-state index contributed by atoms with van der Waals surface area (Å²) in [5, 5.41) is 8.90. The van der Waals surface area contributed by atoms with Gasteiger partial charge in [0.05, 0.1) is 10.6 Å². The summed E-state index contributed by atoms with van der Waals surface area (Å²) in [5.74, 6) is 0.441. The number of thiophene rings is 1. The number of rotatable bonds is 4. The SMILES string of the molecule is Cc1csc(C(=O)NCC2CCN(C(=O)c3snnc3C)CC2)c1. The molecular weight excluding hydrogens is 344 g/mol. The Bertz CT molecular complexity index is 732. The Morgan fingerprint density at radius 1 is 1.33 bits per heavy atom. The highest BCUT2D eigenvalue weighted by molar-refractivity contribution is 7.12. The molecule has 1 aliphatic heterocycles. The molecule has 2 aromatic heterocycles. The summed E-state index contributed by atoms with van der Waals surface area (Å²) in [5.41, 5.74) is 1.82. The highest BCUT2D eigenvalue weighted by Crippen LogP contribution is 2.21. The van der Waals surface area contributed by atoms with Gasteiger partial charge in [-0.05, 0) is 61.1 Å². The van der Waals surface area contributed by atoms with E-state index in [0.717, 1.165) is 47.9 Å². The number of nitrogens with one attached hydrogen (secondary N) is 1. The third-order valence-corrected chi connectivity index (χ3v) is 6.12. The maximum atomic E-state index is 12.4. The van der Waals surface area contributed by atoms with E-state index in [0.29, 0.717) is 23.0 Å². The standard InChI is InChI=1S/C16H20N4O2S2/c1-10-7-13(23-9-10)15(21)17-8-12-3-5-20(6-4-12)16(22)14-11(2)18-19-24-14/h7,9,12H,3-6,8H2,1-2H3,(H,17,21). The highest BCUT2D eigenvalue weighted by atomic mass is 32.1. The summed E-state index contributed by atoms with van der Waals surface area (Å²) in [7, 11) is 0. The first-order chi connectivity index (χ1) is 11.5. The van der Waals surface area contributed by atoms with E-state index >= 15 is 0 Å². The summed E-state index contributed by atoms with van der Waals surface area (Å²) in [6, 6.07) is 1.91. The van der Waals surface area contributed by atoms with Crippen LogP contribution in [-0.2, 0) is 0 Å². The normalized spacial score (nSPS) is 15.5. The van der Waals surface area contributed by atoms with Crippen LogP contribution in [0.25, 0.3) is 0 Å². The molecule has 0 unspecified atom stereocenters. The number of aryl methyl sites for hydroxylation is 2. The van der Waals surface area contributed by atoms with Crippen molar-refractivity contribution in [2.75, 3.05) is 19.6 Å². The molecule has 128 valence electrons. The minimum absolute atomic E-state index is 0.00188. The quantitative estimate of drug-likeness (QED) is 0.904. The molecule has 2 amide bonds. The lowest BCUT2D eigenvalue weighted by Crippen LogP contribution is -2.41. The van der Waals surface area contributed by atoms with Crippen molar-refractivity contribution in [1.29, 1.82) is 0 Å². The van der Waals surface area contributed by atoms with E-state index in [1.165, 1.54) is 11.3 Å². The maximum Gasteiger partial charge on any atom is 0.267 e. The van der Waals surface area contributed by atoms with Gasteiger partial charge in [-0.25, -0.2) is 0 Å². The van der Waals surface area contributed by atoms with Crippen molar-refractivity contribution in [2.45, 2.75) is 26.7 Å². The lowest BCUT2D eigenvalue weighted by molar-refractivity contribution is 0.0688. The van der Waals surface area contributed by atoms with E-state index in [4.69, 9.17) is 0 Å². The van der Waals surface area contributed by atoms with Gasteiger partial charge in [-0.1, -0.05) is 4.49 Å². The second-order valence-electron chi connectivity index (χ2n) is 6.12. The van der Waals surface area contributed by atoms with Crippen LogP contribution in [0.2, 0.25) is 0 Å². The number of aromatic nitrogens is 2. The molecule has 1 aliphatic rings. The number of hydrogen-bond donors (Lipinski definition) is 1. The maximum absolute atomic E-state index is 12.4. The molecule has 0 aromatic carbocycles. The van der Waals surface area contributed by atoms with Gasteiger partial charge in [0.15, 0.2) is 0 Å². The second kappa shape index (κ2) is 7.40. The summed E-state index contributed by atoms with van der Waals surface area (Å²) in [6.07, 6.45) is 1.81. The Balaban J connectivity index is 1.46. The molecule has 1 saturated heterocycles. The third-order valence-electron chi connectivity index (χ3n) is 4.25.